The fourth-order valence-electron chi connectivity index (χ4n) is 4.50. The van der Waals surface area contributed by atoms with Crippen LogP contribution < -0.4 is 24.4 Å². The summed E-state index contributed by atoms with van der Waals surface area (Å²) in [6.45, 7) is 4.19. The lowest BCUT2D eigenvalue weighted by Crippen LogP contribution is -2.39. The molecule has 0 saturated heterocycles. The Balaban J connectivity index is 1.53. The van der Waals surface area contributed by atoms with Crippen molar-refractivity contribution in [3.63, 3.8) is 0 Å². The summed E-state index contributed by atoms with van der Waals surface area (Å²) in [4.78, 5) is 32.0. The fourth-order valence-corrected chi connectivity index (χ4v) is 6.06. The van der Waals surface area contributed by atoms with Crippen LogP contribution in [-0.4, -0.2) is 24.3 Å². The number of methoxy groups -OCH3 is 1. The zero-order valence-corrected chi connectivity index (χ0v) is 24.6. The molecule has 0 aliphatic carbocycles. The molecule has 1 aliphatic heterocycles. The Bertz CT molecular complexity index is 1760. The third-order valence-corrected chi connectivity index (χ3v) is 8.04. The predicted molar refractivity (Wildman–Crippen MR) is 158 cm³/mol. The van der Waals surface area contributed by atoms with Crippen molar-refractivity contribution in [2.75, 3.05) is 13.7 Å². The summed E-state index contributed by atoms with van der Waals surface area (Å²) in [6, 6.07) is 22.3. The Kier molecular flexibility index (Phi) is 8.32. The van der Waals surface area contributed by atoms with E-state index in [2.05, 4.69) is 20.9 Å². The van der Waals surface area contributed by atoms with Gasteiger partial charge in [-0.15, -0.1) is 0 Å². The van der Waals surface area contributed by atoms with E-state index in [4.69, 9.17) is 14.2 Å². The Morgan fingerprint density at radius 1 is 1.10 bits per heavy atom. The van der Waals surface area contributed by atoms with Crippen molar-refractivity contribution in [3.05, 3.63) is 125 Å². The molecule has 3 aromatic carbocycles. The lowest BCUT2D eigenvalue weighted by Gasteiger charge is -2.24. The molecule has 0 bridgehead atoms. The molecule has 40 heavy (non-hydrogen) atoms. The van der Waals surface area contributed by atoms with E-state index in [1.165, 1.54) is 11.3 Å². The molecule has 4 aromatic rings. The van der Waals surface area contributed by atoms with E-state index in [1.807, 2.05) is 78.9 Å². The van der Waals surface area contributed by atoms with Gasteiger partial charge in [-0.1, -0.05) is 59.9 Å². The van der Waals surface area contributed by atoms with Gasteiger partial charge in [0.15, 0.2) is 4.80 Å². The van der Waals surface area contributed by atoms with Crippen LogP contribution in [0, 0.1) is 0 Å². The van der Waals surface area contributed by atoms with Crippen molar-refractivity contribution in [2.45, 2.75) is 26.5 Å². The molecule has 2 heterocycles. The summed E-state index contributed by atoms with van der Waals surface area (Å²) in [7, 11) is 1.59. The van der Waals surface area contributed by atoms with Gasteiger partial charge in [-0.3, -0.25) is 9.36 Å². The van der Waals surface area contributed by atoms with Crippen LogP contribution in [0.3, 0.4) is 0 Å². The minimum absolute atomic E-state index is 0.218. The van der Waals surface area contributed by atoms with Gasteiger partial charge >= 0.3 is 5.97 Å². The number of ether oxygens (including phenoxy) is 3. The van der Waals surface area contributed by atoms with E-state index in [0.29, 0.717) is 38.7 Å². The van der Waals surface area contributed by atoms with E-state index in [0.717, 1.165) is 21.2 Å². The highest BCUT2D eigenvalue weighted by Gasteiger charge is 2.33. The summed E-state index contributed by atoms with van der Waals surface area (Å²) >= 11 is 4.88. The number of hydrogen-bond donors (Lipinski definition) is 0. The SMILES string of the molecule is CCOC(=O)C1=C(C)N=c2s/c(=C\c3ccc(OCc4ccccc4)c(Br)c3)c(=O)n2[C@@H]1c1ccc(OC)cc1. The summed E-state index contributed by atoms with van der Waals surface area (Å²) in [6.07, 6.45) is 1.82. The Labute approximate surface area is 243 Å². The molecule has 0 N–H and O–H groups in total. The molecular weight excluding hydrogens is 592 g/mol. The predicted octanol–water partition coefficient (Wildman–Crippen LogP) is 5.15. The van der Waals surface area contributed by atoms with Crippen molar-refractivity contribution < 1.29 is 19.0 Å². The van der Waals surface area contributed by atoms with Crippen molar-refractivity contribution in [2.24, 2.45) is 4.99 Å². The van der Waals surface area contributed by atoms with Gasteiger partial charge in [0, 0.05) is 0 Å². The van der Waals surface area contributed by atoms with Crippen LogP contribution in [0.25, 0.3) is 6.08 Å². The van der Waals surface area contributed by atoms with E-state index in [-0.39, 0.29) is 12.2 Å². The van der Waals surface area contributed by atoms with Crippen LogP contribution in [0.1, 0.15) is 36.6 Å². The van der Waals surface area contributed by atoms with E-state index in [9.17, 15) is 9.59 Å². The van der Waals surface area contributed by atoms with Crippen LogP contribution in [0.5, 0.6) is 11.5 Å². The van der Waals surface area contributed by atoms with Crippen molar-refractivity contribution in [1.29, 1.82) is 0 Å². The molecular formula is C31H27BrN2O5S. The first-order chi connectivity index (χ1) is 19.4. The molecule has 204 valence electrons. The maximum Gasteiger partial charge on any atom is 0.338 e. The van der Waals surface area contributed by atoms with Gasteiger partial charge < -0.3 is 14.2 Å². The number of benzene rings is 3. The number of esters is 1. The number of halogens is 1. The summed E-state index contributed by atoms with van der Waals surface area (Å²) < 4.78 is 19.5. The first-order valence-electron chi connectivity index (χ1n) is 12.7. The second kappa shape index (κ2) is 12.1. The maximum atomic E-state index is 13.8. The zero-order chi connectivity index (χ0) is 28.2. The second-order valence-electron chi connectivity index (χ2n) is 9.04. The molecule has 1 atom stereocenters. The molecule has 0 fully saturated rings. The van der Waals surface area contributed by atoms with E-state index >= 15 is 0 Å². The average Bonchev–Trinajstić information content (AvgIpc) is 3.26. The van der Waals surface area contributed by atoms with Crippen LogP contribution >= 0.6 is 27.3 Å². The largest absolute Gasteiger partial charge is 0.497 e. The topological polar surface area (TPSA) is 79.1 Å². The number of fused-ring (bicyclic) bond motifs is 1. The van der Waals surface area contributed by atoms with Crippen LogP contribution in [0.4, 0.5) is 0 Å². The molecule has 0 amide bonds. The molecule has 7 nitrogen and oxygen atoms in total. The van der Waals surface area contributed by atoms with E-state index < -0.39 is 12.0 Å². The number of carbonyl (C=O) groups is 1. The first-order valence-corrected chi connectivity index (χ1v) is 14.3. The third-order valence-electron chi connectivity index (χ3n) is 6.44. The van der Waals surface area contributed by atoms with Crippen molar-refractivity contribution >= 4 is 39.3 Å². The monoisotopic (exact) mass is 618 g/mol. The van der Waals surface area contributed by atoms with Crippen molar-refractivity contribution in [3.8, 4) is 11.5 Å². The minimum atomic E-state index is -0.677. The van der Waals surface area contributed by atoms with Gasteiger partial charge in [-0.05, 0) is 76.8 Å². The number of thiazole rings is 1. The molecule has 0 radical (unpaired) electrons. The van der Waals surface area contributed by atoms with Gasteiger partial charge in [0.05, 0.1) is 40.0 Å². The Hall–Kier alpha value is -3.95. The van der Waals surface area contributed by atoms with Crippen molar-refractivity contribution in [1.82, 2.24) is 4.57 Å². The summed E-state index contributed by atoms with van der Waals surface area (Å²) in [5, 5.41) is 0. The number of allylic oxidation sites excluding steroid dienone is 1. The first kappa shape index (κ1) is 27.6. The Morgan fingerprint density at radius 2 is 1.85 bits per heavy atom. The van der Waals surface area contributed by atoms with Gasteiger partial charge in [-0.2, -0.15) is 0 Å². The standard InChI is InChI=1S/C31H27BrN2O5S/c1-4-38-30(36)27-19(2)33-31-34(28(27)22-11-13-23(37-3)14-12-22)29(35)26(40-31)17-21-10-15-25(24(32)16-21)39-18-20-8-6-5-7-9-20/h5-17,28H,4,18H2,1-3H3/b26-17-/t28-/m1/s1. The number of aromatic nitrogens is 1. The highest BCUT2D eigenvalue weighted by molar-refractivity contribution is 9.10. The highest BCUT2D eigenvalue weighted by atomic mass is 79.9. The number of hydrogen-bond acceptors (Lipinski definition) is 7. The van der Waals surface area contributed by atoms with Gasteiger partial charge in [0.25, 0.3) is 5.56 Å². The lowest BCUT2D eigenvalue weighted by molar-refractivity contribution is -0.139. The molecule has 0 spiro atoms. The summed E-state index contributed by atoms with van der Waals surface area (Å²) in [5.41, 5.74) is 3.28. The summed E-state index contributed by atoms with van der Waals surface area (Å²) in [5.74, 6) is 0.891. The third kappa shape index (κ3) is 5.66. The maximum absolute atomic E-state index is 13.8. The molecule has 1 aliphatic rings. The second-order valence-corrected chi connectivity index (χ2v) is 10.9. The number of rotatable bonds is 8. The van der Waals surface area contributed by atoms with Gasteiger partial charge in [0.1, 0.15) is 18.1 Å². The minimum Gasteiger partial charge on any atom is -0.497 e. The molecule has 9 heteroatoms. The smallest absolute Gasteiger partial charge is 0.338 e. The van der Waals surface area contributed by atoms with Gasteiger partial charge in [-0.25, -0.2) is 9.79 Å². The molecule has 0 saturated carbocycles. The van der Waals surface area contributed by atoms with Crippen LogP contribution in [-0.2, 0) is 16.1 Å². The molecule has 0 unspecified atom stereocenters. The van der Waals surface area contributed by atoms with E-state index in [1.54, 1.807) is 25.5 Å². The zero-order valence-electron chi connectivity index (χ0n) is 22.2. The average molecular weight is 620 g/mol. The van der Waals surface area contributed by atoms with Gasteiger partial charge in [0.2, 0.25) is 0 Å². The van der Waals surface area contributed by atoms with Crippen LogP contribution in [0.15, 0.2) is 98.3 Å². The van der Waals surface area contributed by atoms with Crippen LogP contribution in [0.2, 0.25) is 0 Å². The molecule has 5 rings (SSSR count). The normalized spacial score (nSPS) is 14.9. The fraction of sp³-hybridized carbons (Fsp3) is 0.194. The molecule has 1 aromatic heterocycles. The quantitative estimate of drug-likeness (QED) is 0.255. The number of carbonyl (C=O) groups excluding carboxylic acids is 1. The lowest BCUT2D eigenvalue weighted by atomic mass is 9.96. The number of nitrogens with zero attached hydrogens (tertiary/aromatic N) is 2. The highest BCUT2D eigenvalue weighted by Crippen LogP contribution is 2.32. The Morgan fingerprint density at radius 3 is 2.52 bits per heavy atom.